The fraction of sp³-hybridized carbons (Fsp3) is 0.474. The van der Waals surface area contributed by atoms with E-state index in [1.165, 1.54) is 0 Å². The lowest BCUT2D eigenvalue weighted by molar-refractivity contribution is -0.123. The number of carbonyl (C=O) groups is 1. The van der Waals surface area contributed by atoms with E-state index in [1.807, 2.05) is 39.0 Å². The molecule has 0 aliphatic rings. The first-order chi connectivity index (χ1) is 12.0. The molecule has 26 heavy (non-hydrogen) atoms. The summed E-state index contributed by atoms with van der Waals surface area (Å²) in [6.45, 7) is 10.2. The number of benzene rings is 1. The maximum Gasteiger partial charge on any atom is 0.222 e. The number of hydrogen-bond donors (Lipinski definition) is 3. The number of nitrogens with zero attached hydrogens (tertiary/aromatic N) is 1. The van der Waals surface area contributed by atoms with Gasteiger partial charge in [0.2, 0.25) is 5.91 Å². The van der Waals surface area contributed by atoms with Crippen molar-refractivity contribution in [2.45, 2.75) is 34.2 Å². The fourth-order valence-electron chi connectivity index (χ4n) is 2.44. The van der Waals surface area contributed by atoms with Crippen molar-refractivity contribution in [2.24, 2.45) is 10.9 Å². The van der Waals surface area contributed by atoms with Crippen LogP contribution in [0.2, 0.25) is 0 Å². The summed E-state index contributed by atoms with van der Waals surface area (Å²) >= 11 is 0. The fourth-order valence-corrected chi connectivity index (χ4v) is 2.44. The minimum atomic E-state index is -0.00188. The highest BCUT2D eigenvalue weighted by atomic mass is 127. The zero-order chi connectivity index (χ0) is 18.2. The highest BCUT2D eigenvalue weighted by molar-refractivity contribution is 14.0. The Morgan fingerprint density at radius 1 is 1.15 bits per heavy atom. The number of aryl methyl sites for hydroxylation is 1. The number of furan rings is 1. The molecule has 1 aromatic heterocycles. The van der Waals surface area contributed by atoms with Crippen LogP contribution in [0.25, 0.3) is 11.0 Å². The van der Waals surface area contributed by atoms with Crippen molar-refractivity contribution in [1.82, 2.24) is 16.0 Å². The van der Waals surface area contributed by atoms with Crippen LogP contribution in [0.1, 0.15) is 32.1 Å². The van der Waals surface area contributed by atoms with Gasteiger partial charge < -0.3 is 20.4 Å². The van der Waals surface area contributed by atoms with Crippen LogP contribution < -0.4 is 16.0 Å². The van der Waals surface area contributed by atoms with E-state index in [1.54, 1.807) is 0 Å². The molecule has 0 fully saturated rings. The van der Waals surface area contributed by atoms with E-state index < -0.39 is 0 Å². The molecule has 0 aliphatic heterocycles. The summed E-state index contributed by atoms with van der Waals surface area (Å²) in [7, 11) is 0. The first-order valence-electron chi connectivity index (χ1n) is 8.79. The molecule has 0 aliphatic carbocycles. The Kier molecular flexibility index (Phi) is 9.47. The van der Waals surface area contributed by atoms with Crippen LogP contribution in [0.3, 0.4) is 0 Å². The van der Waals surface area contributed by atoms with Crippen LogP contribution in [-0.4, -0.2) is 31.5 Å². The highest BCUT2D eigenvalue weighted by Crippen LogP contribution is 2.25. The van der Waals surface area contributed by atoms with Crippen molar-refractivity contribution < 1.29 is 9.21 Å². The van der Waals surface area contributed by atoms with Crippen molar-refractivity contribution in [2.75, 3.05) is 19.6 Å². The average Bonchev–Trinajstić information content (AvgIpc) is 2.92. The van der Waals surface area contributed by atoms with E-state index in [-0.39, 0.29) is 35.8 Å². The Bertz CT molecular complexity index is 740. The van der Waals surface area contributed by atoms with E-state index in [2.05, 4.69) is 33.9 Å². The minimum absolute atomic E-state index is 0. The smallest absolute Gasteiger partial charge is 0.222 e. The molecule has 0 unspecified atom stereocenters. The molecule has 1 aromatic carbocycles. The summed E-state index contributed by atoms with van der Waals surface area (Å²) in [6, 6.07) is 8.00. The molecule has 3 N–H and O–H groups in total. The lowest BCUT2D eigenvalue weighted by Gasteiger charge is -2.12. The lowest BCUT2D eigenvalue weighted by atomic mass is 10.1. The standard InChI is InChI=1S/C19H28N4O2.HI/c1-5-20-19(22-11-10-21-18(24)13(2)3)23-12-17-14(4)15-8-6-7-9-16(15)25-17;/h6-9,13H,5,10-12H2,1-4H3,(H,21,24)(H2,20,22,23);1H. The number of hydrogen-bond acceptors (Lipinski definition) is 3. The molecule has 0 atom stereocenters. The monoisotopic (exact) mass is 472 g/mol. The van der Waals surface area contributed by atoms with Crippen molar-refractivity contribution in [1.29, 1.82) is 0 Å². The number of guanidine groups is 1. The van der Waals surface area contributed by atoms with E-state index in [4.69, 9.17) is 4.42 Å². The summed E-state index contributed by atoms with van der Waals surface area (Å²) in [5, 5.41) is 10.4. The number of para-hydroxylation sites is 1. The molecule has 0 saturated carbocycles. The molecule has 0 radical (unpaired) electrons. The van der Waals surface area contributed by atoms with Gasteiger partial charge in [-0.15, -0.1) is 24.0 Å². The number of aliphatic imine (C=N–C) groups is 1. The van der Waals surface area contributed by atoms with Crippen molar-refractivity contribution in [3.05, 3.63) is 35.6 Å². The predicted octanol–water partition coefficient (Wildman–Crippen LogP) is 3.19. The molecular weight excluding hydrogens is 443 g/mol. The van der Waals surface area contributed by atoms with E-state index in [9.17, 15) is 4.79 Å². The van der Waals surface area contributed by atoms with Gasteiger partial charge in [0.15, 0.2) is 5.96 Å². The van der Waals surface area contributed by atoms with Crippen molar-refractivity contribution in [3.8, 4) is 0 Å². The third kappa shape index (κ3) is 6.19. The molecular formula is C19H29IN4O2. The molecule has 0 bridgehead atoms. The van der Waals surface area contributed by atoms with Gasteiger partial charge in [-0.2, -0.15) is 0 Å². The molecule has 2 aromatic rings. The van der Waals surface area contributed by atoms with Gasteiger partial charge in [0.25, 0.3) is 0 Å². The Labute approximate surface area is 172 Å². The molecule has 0 spiro atoms. The number of rotatable bonds is 7. The normalized spacial score (nSPS) is 11.3. The predicted molar refractivity (Wildman–Crippen MR) is 117 cm³/mol. The van der Waals surface area contributed by atoms with Gasteiger partial charge in [-0.25, -0.2) is 4.99 Å². The Morgan fingerprint density at radius 2 is 1.85 bits per heavy atom. The lowest BCUT2D eigenvalue weighted by Crippen LogP contribution is -2.42. The van der Waals surface area contributed by atoms with Crippen LogP contribution in [-0.2, 0) is 11.3 Å². The topological polar surface area (TPSA) is 78.7 Å². The summed E-state index contributed by atoms with van der Waals surface area (Å²) in [5.41, 5.74) is 2.01. The molecule has 0 saturated heterocycles. The van der Waals surface area contributed by atoms with Crippen LogP contribution in [0.4, 0.5) is 0 Å². The van der Waals surface area contributed by atoms with Crippen molar-refractivity contribution in [3.63, 3.8) is 0 Å². The van der Waals surface area contributed by atoms with Crippen LogP contribution in [0.15, 0.2) is 33.7 Å². The minimum Gasteiger partial charge on any atom is -0.459 e. The van der Waals surface area contributed by atoms with Gasteiger partial charge in [0, 0.05) is 36.5 Å². The quantitative estimate of drug-likeness (QED) is 0.250. The van der Waals surface area contributed by atoms with E-state index in [0.29, 0.717) is 25.6 Å². The molecule has 6 nitrogen and oxygen atoms in total. The van der Waals surface area contributed by atoms with Gasteiger partial charge in [0.05, 0.1) is 0 Å². The number of amides is 1. The van der Waals surface area contributed by atoms with Crippen LogP contribution in [0.5, 0.6) is 0 Å². The second kappa shape index (κ2) is 11.1. The Morgan fingerprint density at radius 3 is 2.50 bits per heavy atom. The third-order valence-electron chi connectivity index (χ3n) is 3.91. The largest absolute Gasteiger partial charge is 0.459 e. The first kappa shape index (κ1) is 22.3. The van der Waals surface area contributed by atoms with E-state index >= 15 is 0 Å². The SMILES string of the molecule is CCNC(=NCc1oc2ccccc2c1C)NCCNC(=O)C(C)C.I. The number of fused-ring (bicyclic) bond motifs is 1. The third-order valence-corrected chi connectivity index (χ3v) is 3.91. The maximum atomic E-state index is 11.5. The molecule has 2 rings (SSSR count). The van der Waals surface area contributed by atoms with Gasteiger partial charge in [-0.05, 0) is 19.9 Å². The second-order valence-electron chi connectivity index (χ2n) is 6.21. The van der Waals surface area contributed by atoms with Crippen LogP contribution in [0, 0.1) is 12.8 Å². The van der Waals surface area contributed by atoms with Crippen LogP contribution >= 0.6 is 24.0 Å². The first-order valence-corrected chi connectivity index (χ1v) is 8.79. The summed E-state index contributed by atoms with van der Waals surface area (Å²) in [5.74, 6) is 1.63. The summed E-state index contributed by atoms with van der Waals surface area (Å²) in [4.78, 5) is 16.1. The van der Waals surface area contributed by atoms with Gasteiger partial charge >= 0.3 is 0 Å². The van der Waals surface area contributed by atoms with Gasteiger partial charge in [0.1, 0.15) is 17.9 Å². The number of nitrogens with one attached hydrogen (secondary N) is 3. The van der Waals surface area contributed by atoms with Gasteiger partial charge in [-0.1, -0.05) is 32.0 Å². The highest BCUT2D eigenvalue weighted by Gasteiger charge is 2.10. The molecule has 1 heterocycles. The second-order valence-corrected chi connectivity index (χ2v) is 6.21. The average molecular weight is 472 g/mol. The number of halogens is 1. The van der Waals surface area contributed by atoms with E-state index in [0.717, 1.165) is 28.8 Å². The zero-order valence-electron chi connectivity index (χ0n) is 15.9. The molecule has 7 heteroatoms. The number of carbonyl (C=O) groups excluding carboxylic acids is 1. The molecule has 144 valence electrons. The summed E-state index contributed by atoms with van der Waals surface area (Å²) in [6.07, 6.45) is 0. The molecule has 1 amide bonds. The summed E-state index contributed by atoms with van der Waals surface area (Å²) < 4.78 is 5.89. The van der Waals surface area contributed by atoms with Crippen molar-refractivity contribution >= 4 is 46.8 Å². The zero-order valence-corrected chi connectivity index (χ0v) is 18.2. The maximum absolute atomic E-state index is 11.5. The van der Waals surface area contributed by atoms with Gasteiger partial charge in [-0.3, -0.25) is 4.79 Å². The Hall–Kier alpha value is -1.77. The Balaban J connectivity index is 0.00000338.